The highest BCUT2D eigenvalue weighted by molar-refractivity contribution is 6.32. The minimum Gasteiger partial charge on any atom is -0.451 e. The number of ether oxygens (including phenoxy) is 2. The van der Waals surface area contributed by atoms with Gasteiger partial charge in [-0.25, -0.2) is 0 Å². The van der Waals surface area contributed by atoms with Gasteiger partial charge in [0.1, 0.15) is 0 Å². The fourth-order valence-electron chi connectivity index (χ4n) is 6.37. The molecule has 0 bridgehead atoms. The summed E-state index contributed by atoms with van der Waals surface area (Å²) in [6, 6.07) is 0. The van der Waals surface area contributed by atoms with Crippen molar-refractivity contribution in [3.8, 4) is 0 Å². The number of carbonyl (C=O) groups is 3. The standard InChI is InChI=1S/C22H27ClO5/c1-12(24)22(28-13(2)25)8-6-16-15-10-18(23)17-9-14(26)5-7-20(17,3)19(15)27-11-21(16,22)4/h9-10,15-16,19H,5-8,11H2,1-4H3/t15-,16-,19-,20-,21-,22-/m0/s1. The topological polar surface area (TPSA) is 69.7 Å². The summed E-state index contributed by atoms with van der Waals surface area (Å²) < 4.78 is 12.1. The number of hydrogen-bond donors (Lipinski definition) is 0. The van der Waals surface area contributed by atoms with Crippen LogP contribution in [0.3, 0.4) is 0 Å². The van der Waals surface area contributed by atoms with Crippen LogP contribution in [-0.4, -0.2) is 35.8 Å². The minimum atomic E-state index is -1.16. The Morgan fingerprint density at radius 2 is 1.96 bits per heavy atom. The molecule has 0 N–H and O–H groups in total. The third kappa shape index (κ3) is 2.45. The number of hydrogen-bond acceptors (Lipinski definition) is 5. The summed E-state index contributed by atoms with van der Waals surface area (Å²) in [5.74, 6) is -0.350. The molecule has 28 heavy (non-hydrogen) atoms. The summed E-state index contributed by atoms with van der Waals surface area (Å²) in [5.41, 5.74) is -1.23. The maximum atomic E-state index is 12.7. The monoisotopic (exact) mass is 406 g/mol. The fourth-order valence-corrected chi connectivity index (χ4v) is 6.79. The summed E-state index contributed by atoms with van der Waals surface area (Å²) in [4.78, 5) is 36.5. The number of esters is 1. The van der Waals surface area contributed by atoms with Crippen molar-refractivity contribution in [2.24, 2.45) is 22.7 Å². The zero-order valence-electron chi connectivity index (χ0n) is 16.8. The minimum absolute atomic E-state index is 0.0124. The van der Waals surface area contributed by atoms with Gasteiger partial charge in [-0.05, 0) is 43.8 Å². The van der Waals surface area contributed by atoms with Crippen LogP contribution in [-0.2, 0) is 23.9 Å². The van der Waals surface area contributed by atoms with Crippen LogP contribution < -0.4 is 0 Å². The molecule has 1 heterocycles. The van der Waals surface area contributed by atoms with E-state index in [-0.39, 0.29) is 34.9 Å². The third-order valence-electron chi connectivity index (χ3n) is 7.85. The number of Topliss-reactive ketones (excluding diaryl/α,β-unsaturated/α-hetero) is 1. The molecule has 0 amide bonds. The second-order valence-electron chi connectivity index (χ2n) is 9.30. The molecule has 4 rings (SSSR count). The van der Waals surface area contributed by atoms with Crippen LogP contribution in [0.2, 0.25) is 0 Å². The molecule has 1 saturated heterocycles. The van der Waals surface area contributed by atoms with E-state index in [2.05, 4.69) is 6.92 Å². The molecule has 0 aromatic carbocycles. The van der Waals surface area contributed by atoms with E-state index < -0.39 is 17.0 Å². The van der Waals surface area contributed by atoms with Gasteiger partial charge in [0.25, 0.3) is 0 Å². The second kappa shape index (κ2) is 6.27. The number of ketones is 2. The zero-order valence-corrected chi connectivity index (χ0v) is 17.6. The van der Waals surface area contributed by atoms with Crippen molar-refractivity contribution in [3.63, 3.8) is 0 Å². The van der Waals surface area contributed by atoms with Crippen molar-refractivity contribution in [3.05, 3.63) is 22.8 Å². The molecular formula is C22H27ClO5. The Labute approximate surface area is 170 Å². The van der Waals surface area contributed by atoms with Crippen LogP contribution >= 0.6 is 11.6 Å². The Kier molecular flexibility index (Phi) is 4.44. The smallest absolute Gasteiger partial charge is 0.303 e. The number of fused-ring (bicyclic) bond motifs is 5. The highest BCUT2D eigenvalue weighted by Gasteiger charge is 2.68. The molecule has 1 saturated carbocycles. The molecular weight excluding hydrogens is 380 g/mol. The average Bonchev–Trinajstić information content (AvgIpc) is 2.90. The molecule has 152 valence electrons. The van der Waals surface area contributed by atoms with Gasteiger partial charge in [-0.3, -0.25) is 14.4 Å². The molecule has 3 aliphatic carbocycles. The van der Waals surface area contributed by atoms with Crippen LogP contribution in [0.15, 0.2) is 22.8 Å². The van der Waals surface area contributed by atoms with Crippen LogP contribution in [0.25, 0.3) is 0 Å². The SMILES string of the molecule is CC(=O)O[C@]1(C(C)=O)CC[C@H]2[C@@H]3C=C(Cl)C4=CC(=O)CC[C@]4(C)[C@H]3OC[C@@]21C. The summed E-state index contributed by atoms with van der Waals surface area (Å²) in [6.07, 6.45) is 6.03. The van der Waals surface area contributed by atoms with E-state index in [1.54, 1.807) is 6.08 Å². The van der Waals surface area contributed by atoms with Gasteiger partial charge in [0, 0.05) is 35.1 Å². The maximum Gasteiger partial charge on any atom is 0.303 e. The van der Waals surface area contributed by atoms with Gasteiger partial charge in [0.15, 0.2) is 17.2 Å². The predicted octanol–water partition coefficient (Wildman–Crippen LogP) is 3.74. The Morgan fingerprint density at radius 3 is 2.61 bits per heavy atom. The quantitative estimate of drug-likeness (QED) is 0.653. The van der Waals surface area contributed by atoms with Crippen LogP contribution in [0.1, 0.15) is 53.4 Å². The number of rotatable bonds is 2. The molecule has 0 unspecified atom stereocenters. The van der Waals surface area contributed by atoms with Gasteiger partial charge in [0.2, 0.25) is 0 Å². The summed E-state index contributed by atoms with van der Waals surface area (Å²) in [6.45, 7) is 7.32. The van der Waals surface area contributed by atoms with Gasteiger partial charge in [-0.15, -0.1) is 0 Å². The van der Waals surface area contributed by atoms with Crippen LogP contribution in [0, 0.1) is 22.7 Å². The lowest BCUT2D eigenvalue weighted by atomic mass is 9.55. The first-order chi connectivity index (χ1) is 13.0. The molecule has 4 aliphatic rings. The average molecular weight is 407 g/mol. The van der Waals surface area contributed by atoms with E-state index in [0.717, 1.165) is 12.0 Å². The van der Waals surface area contributed by atoms with Crippen molar-refractivity contribution in [1.29, 1.82) is 0 Å². The van der Waals surface area contributed by atoms with Gasteiger partial charge >= 0.3 is 5.97 Å². The van der Waals surface area contributed by atoms with E-state index in [1.165, 1.54) is 13.8 Å². The number of carbonyl (C=O) groups excluding carboxylic acids is 3. The molecule has 0 aromatic rings. The predicted molar refractivity (Wildman–Crippen MR) is 104 cm³/mol. The van der Waals surface area contributed by atoms with Crippen molar-refractivity contribution >= 4 is 29.1 Å². The number of halogens is 1. The molecule has 6 heteroatoms. The first-order valence-corrected chi connectivity index (χ1v) is 10.4. The van der Waals surface area contributed by atoms with Gasteiger partial charge in [-0.2, -0.15) is 0 Å². The van der Waals surface area contributed by atoms with Gasteiger partial charge in [0.05, 0.1) is 12.7 Å². The molecule has 1 aliphatic heterocycles. The summed E-state index contributed by atoms with van der Waals surface area (Å²) in [5, 5.41) is 0.609. The first-order valence-electron chi connectivity index (χ1n) is 10.00. The summed E-state index contributed by atoms with van der Waals surface area (Å²) >= 11 is 6.65. The van der Waals surface area contributed by atoms with Gasteiger partial charge < -0.3 is 9.47 Å². The van der Waals surface area contributed by atoms with E-state index in [0.29, 0.717) is 30.9 Å². The fraction of sp³-hybridized carbons (Fsp3) is 0.682. The summed E-state index contributed by atoms with van der Waals surface area (Å²) in [7, 11) is 0. The first kappa shape index (κ1) is 19.8. The van der Waals surface area contributed by atoms with Crippen molar-refractivity contribution in [1.82, 2.24) is 0 Å². The lowest BCUT2D eigenvalue weighted by molar-refractivity contribution is -0.213. The van der Waals surface area contributed by atoms with E-state index in [4.69, 9.17) is 21.1 Å². The Balaban J connectivity index is 1.79. The van der Waals surface area contributed by atoms with E-state index in [9.17, 15) is 14.4 Å². The zero-order chi connectivity index (χ0) is 20.5. The van der Waals surface area contributed by atoms with Crippen molar-refractivity contribution in [2.45, 2.75) is 65.1 Å². The third-order valence-corrected chi connectivity index (χ3v) is 8.18. The van der Waals surface area contributed by atoms with Crippen molar-refractivity contribution in [2.75, 3.05) is 6.61 Å². The van der Waals surface area contributed by atoms with Crippen LogP contribution in [0.4, 0.5) is 0 Å². The van der Waals surface area contributed by atoms with E-state index in [1.807, 2.05) is 13.0 Å². The largest absolute Gasteiger partial charge is 0.451 e. The molecule has 6 atom stereocenters. The second-order valence-corrected chi connectivity index (χ2v) is 9.71. The number of allylic oxidation sites excluding steroid dienone is 2. The van der Waals surface area contributed by atoms with Crippen LogP contribution in [0.5, 0.6) is 0 Å². The Morgan fingerprint density at radius 1 is 1.25 bits per heavy atom. The molecule has 2 fully saturated rings. The lowest BCUT2D eigenvalue weighted by Crippen LogP contribution is -2.62. The van der Waals surface area contributed by atoms with E-state index >= 15 is 0 Å². The Bertz CT molecular complexity index is 829. The van der Waals surface area contributed by atoms with Crippen molar-refractivity contribution < 1.29 is 23.9 Å². The Hall–Kier alpha value is -1.46. The highest BCUT2D eigenvalue weighted by atomic mass is 35.5. The van der Waals surface area contributed by atoms with Gasteiger partial charge in [-0.1, -0.05) is 31.5 Å². The molecule has 0 aromatic heterocycles. The molecule has 0 radical (unpaired) electrons. The lowest BCUT2D eigenvalue weighted by Gasteiger charge is -2.57. The molecule has 5 nitrogen and oxygen atoms in total. The maximum absolute atomic E-state index is 12.7. The molecule has 0 spiro atoms. The highest BCUT2D eigenvalue weighted by Crippen LogP contribution is 2.64. The normalized spacial score (nSPS) is 44.6.